The van der Waals surface area contributed by atoms with E-state index in [1.807, 2.05) is 11.9 Å². The third kappa shape index (κ3) is 1.94. The van der Waals surface area contributed by atoms with Crippen LogP contribution in [0.3, 0.4) is 0 Å². The van der Waals surface area contributed by atoms with Crippen molar-refractivity contribution in [3.05, 3.63) is 0 Å². The van der Waals surface area contributed by atoms with Crippen molar-refractivity contribution >= 4 is 0 Å². The fourth-order valence-electron chi connectivity index (χ4n) is 1.29. The van der Waals surface area contributed by atoms with Gasteiger partial charge in [-0.25, -0.2) is 5.01 Å². The molecule has 0 aromatic heterocycles. The SMILES string of the molecule is CCOC[C@H]1CCCN1N. The lowest BCUT2D eigenvalue weighted by Crippen LogP contribution is -2.38. The first-order chi connectivity index (χ1) is 4.84. The third-order valence-corrected chi connectivity index (χ3v) is 1.94. The summed E-state index contributed by atoms with van der Waals surface area (Å²) in [5.41, 5.74) is 0. The molecule has 0 saturated carbocycles. The highest BCUT2D eigenvalue weighted by Gasteiger charge is 2.20. The van der Waals surface area contributed by atoms with E-state index in [0.29, 0.717) is 6.04 Å². The van der Waals surface area contributed by atoms with Crippen LogP contribution in [0.2, 0.25) is 0 Å². The van der Waals surface area contributed by atoms with E-state index in [0.717, 1.165) is 19.8 Å². The summed E-state index contributed by atoms with van der Waals surface area (Å²) in [6, 6.07) is 0.472. The Morgan fingerprint density at radius 2 is 2.50 bits per heavy atom. The average Bonchev–Trinajstić information content (AvgIpc) is 2.31. The number of hydrazine groups is 1. The van der Waals surface area contributed by atoms with E-state index in [9.17, 15) is 0 Å². The summed E-state index contributed by atoms with van der Waals surface area (Å²) in [5.74, 6) is 5.67. The number of rotatable bonds is 3. The van der Waals surface area contributed by atoms with Crippen molar-refractivity contribution < 1.29 is 4.74 Å². The van der Waals surface area contributed by atoms with Crippen molar-refractivity contribution in [1.82, 2.24) is 5.01 Å². The third-order valence-electron chi connectivity index (χ3n) is 1.94. The summed E-state index contributed by atoms with van der Waals surface area (Å²) in [7, 11) is 0. The highest BCUT2D eigenvalue weighted by molar-refractivity contribution is 4.73. The van der Waals surface area contributed by atoms with E-state index in [2.05, 4.69) is 0 Å². The van der Waals surface area contributed by atoms with Crippen LogP contribution in [0.1, 0.15) is 19.8 Å². The van der Waals surface area contributed by atoms with Crippen LogP contribution in [0.4, 0.5) is 0 Å². The Bertz CT molecular complexity index is 97.6. The van der Waals surface area contributed by atoms with Crippen molar-refractivity contribution in [2.75, 3.05) is 19.8 Å². The van der Waals surface area contributed by atoms with Crippen LogP contribution in [0.5, 0.6) is 0 Å². The molecule has 0 aromatic carbocycles. The minimum atomic E-state index is 0.472. The lowest BCUT2D eigenvalue weighted by molar-refractivity contribution is 0.0855. The van der Waals surface area contributed by atoms with Crippen LogP contribution < -0.4 is 5.84 Å². The van der Waals surface area contributed by atoms with Gasteiger partial charge >= 0.3 is 0 Å². The molecule has 0 amide bonds. The second-order valence-corrected chi connectivity index (χ2v) is 2.69. The quantitative estimate of drug-likeness (QED) is 0.581. The molecule has 1 heterocycles. The van der Waals surface area contributed by atoms with Gasteiger partial charge in [-0.05, 0) is 19.8 Å². The van der Waals surface area contributed by atoms with Gasteiger partial charge in [0.25, 0.3) is 0 Å². The molecule has 3 heteroatoms. The number of hydrogen-bond acceptors (Lipinski definition) is 3. The van der Waals surface area contributed by atoms with E-state index in [4.69, 9.17) is 10.6 Å². The Hall–Kier alpha value is -0.120. The van der Waals surface area contributed by atoms with Crippen molar-refractivity contribution in [2.24, 2.45) is 5.84 Å². The second kappa shape index (κ2) is 3.91. The molecule has 1 saturated heterocycles. The van der Waals surface area contributed by atoms with Gasteiger partial charge in [0, 0.05) is 19.2 Å². The molecule has 0 bridgehead atoms. The van der Waals surface area contributed by atoms with E-state index in [1.165, 1.54) is 12.8 Å². The van der Waals surface area contributed by atoms with Gasteiger partial charge in [-0.1, -0.05) is 0 Å². The summed E-state index contributed by atoms with van der Waals surface area (Å²) in [5, 5.41) is 1.88. The Kier molecular flexibility index (Phi) is 3.12. The van der Waals surface area contributed by atoms with Gasteiger partial charge in [-0.2, -0.15) is 0 Å². The summed E-state index contributed by atoms with van der Waals surface area (Å²) < 4.78 is 5.27. The second-order valence-electron chi connectivity index (χ2n) is 2.69. The summed E-state index contributed by atoms with van der Waals surface area (Å²) in [4.78, 5) is 0. The van der Waals surface area contributed by atoms with E-state index in [-0.39, 0.29) is 0 Å². The minimum Gasteiger partial charge on any atom is -0.380 e. The van der Waals surface area contributed by atoms with Crippen LogP contribution in [-0.2, 0) is 4.74 Å². The monoisotopic (exact) mass is 144 g/mol. The van der Waals surface area contributed by atoms with E-state index < -0.39 is 0 Å². The minimum absolute atomic E-state index is 0.472. The van der Waals surface area contributed by atoms with Crippen LogP contribution in [0.25, 0.3) is 0 Å². The van der Waals surface area contributed by atoms with Crippen molar-refractivity contribution in [2.45, 2.75) is 25.8 Å². The van der Waals surface area contributed by atoms with Crippen molar-refractivity contribution in [3.63, 3.8) is 0 Å². The molecule has 1 aliphatic rings. The fourth-order valence-corrected chi connectivity index (χ4v) is 1.29. The predicted molar refractivity (Wildman–Crippen MR) is 40.4 cm³/mol. The van der Waals surface area contributed by atoms with Crippen molar-refractivity contribution in [3.8, 4) is 0 Å². The fraction of sp³-hybridized carbons (Fsp3) is 1.00. The zero-order chi connectivity index (χ0) is 7.40. The zero-order valence-electron chi connectivity index (χ0n) is 6.55. The van der Waals surface area contributed by atoms with Crippen LogP contribution >= 0.6 is 0 Å². The molecular weight excluding hydrogens is 128 g/mol. The largest absolute Gasteiger partial charge is 0.380 e. The maximum absolute atomic E-state index is 5.67. The normalized spacial score (nSPS) is 27.6. The van der Waals surface area contributed by atoms with Gasteiger partial charge in [0.1, 0.15) is 0 Å². The molecule has 3 nitrogen and oxygen atoms in total. The molecule has 60 valence electrons. The molecule has 0 aromatic rings. The van der Waals surface area contributed by atoms with Gasteiger partial charge in [0.2, 0.25) is 0 Å². The molecule has 1 atom stereocenters. The lowest BCUT2D eigenvalue weighted by Gasteiger charge is -2.17. The first-order valence-corrected chi connectivity index (χ1v) is 3.93. The molecule has 0 aliphatic carbocycles. The molecule has 1 fully saturated rings. The molecule has 10 heavy (non-hydrogen) atoms. The predicted octanol–water partition coefficient (Wildman–Crippen LogP) is 0.361. The highest BCUT2D eigenvalue weighted by Crippen LogP contribution is 2.12. The Labute approximate surface area is 62.1 Å². The number of ether oxygens (including phenoxy) is 1. The number of hydrogen-bond donors (Lipinski definition) is 1. The van der Waals surface area contributed by atoms with Gasteiger partial charge < -0.3 is 4.74 Å². The number of nitrogens with zero attached hydrogens (tertiary/aromatic N) is 1. The smallest absolute Gasteiger partial charge is 0.0635 e. The maximum atomic E-state index is 5.67. The highest BCUT2D eigenvalue weighted by atomic mass is 16.5. The Balaban J connectivity index is 2.14. The summed E-state index contributed by atoms with van der Waals surface area (Å²) in [6.45, 7) is 4.63. The van der Waals surface area contributed by atoms with Gasteiger partial charge in [0.05, 0.1) is 6.61 Å². The molecule has 0 unspecified atom stereocenters. The van der Waals surface area contributed by atoms with E-state index in [1.54, 1.807) is 0 Å². The molecule has 0 spiro atoms. The van der Waals surface area contributed by atoms with Gasteiger partial charge in [0.15, 0.2) is 0 Å². The van der Waals surface area contributed by atoms with Gasteiger partial charge in [-0.3, -0.25) is 5.84 Å². The molecule has 0 radical (unpaired) electrons. The van der Waals surface area contributed by atoms with Crippen LogP contribution in [0, 0.1) is 0 Å². The molecule has 1 aliphatic heterocycles. The summed E-state index contributed by atoms with van der Waals surface area (Å²) in [6.07, 6.45) is 2.41. The first kappa shape index (κ1) is 7.98. The number of nitrogens with two attached hydrogens (primary N) is 1. The molecule has 1 rings (SSSR count). The van der Waals surface area contributed by atoms with E-state index >= 15 is 0 Å². The lowest BCUT2D eigenvalue weighted by atomic mass is 10.2. The topological polar surface area (TPSA) is 38.5 Å². The summed E-state index contributed by atoms with van der Waals surface area (Å²) >= 11 is 0. The Morgan fingerprint density at radius 1 is 1.70 bits per heavy atom. The average molecular weight is 144 g/mol. The zero-order valence-corrected chi connectivity index (χ0v) is 6.55. The van der Waals surface area contributed by atoms with Gasteiger partial charge in [-0.15, -0.1) is 0 Å². The first-order valence-electron chi connectivity index (χ1n) is 3.93. The molecular formula is C7H16N2O. The standard InChI is InChI=1S/C7H16N2O/c1-2-10-6-7-4-3-5-9(7)8/h7H,2-6,8H2,1H3/t7-/m1/s1. The maximum Gasteiger partial charge on any atom is 0.0635 e. The van der Waals surface area contributed by atoms with Crippen molar-refractivity contribution in [1.29, 1.82) is 0 Å². The van der Waals surface area contributed by atoms with Crippen LogP contribution in [0.15, 0.2) is 0 Å². The van der Waals surface area contributed by atoms with Crippen LogP contribution in [-0.4, -0.2) is 30.8 Å². The molecule has 2 N–H and O–H groups in total. The Morgan fingerprint density at radius 3 is 3.00 bits per heavy atom.